The number of benzene rings is 1. The number of halogens is 1. The van der Waals surface area contributed by atoms with E-state index in [-0.39, 0.29) is 11.8 Å². The molecule has 1 aromatic carbocycles. The second kappa shape index (κ2) is 5.48. The zero-order valence-corrected chi connectivity index (χ0v) is 12.2. The van der Waals surface area contributed by atoms with Crippen LogP contribution in [0.25, 0.3) is 0 Å². The Morgan fingerprint density at radius 1 is 1.37 bits per heavy atom. The molecule has 1 unspecified atom stereocenters. The Bertz CT molecular complexity index is 606. The van der Waals surface area contributed by atoms with Crippen molar-refractivity contribution in [2.24, 2.45) is 0 Å². The van der Waals surface area contributed by atoms with Crippen LogP contribution >= 0.6 is 15.9 Å². The first-order chi connectivity index (χ1) is 8.97. The zero-order chi connectivity index (χ0) is 14.0. The number of nitrogens with one attached hydrogen (secondary N) is 1. The monoisotopic (exact) mass is 323 g/mol. The molecule has 4 nitrogen and oxygen atoms in total. The van der Waals surface area contributed by atoms with E-state index >= 15 is 0 Å². The average molecular weight is 324 g/mol. The second-order valence-electron chi connectivity index (χ2n) is 4.36. The second-order valence-corrected chi connectivity index (χ2v) is 5.21. The van der Waals surface area contributed by atoms with Crippen LogP contribution in [-0.2, 0) is 0 Å². The minimum Gasteiger partial charge on any atom is -0.475 e. The lowest BCUT2D eigenvalue weighted by atomic mass is 10.2. The molecule has 5 heteroatoms. The Morgan fingerprint density at radius 3 is 2.68 bits per heavy atom. The number of hydrogen-bond donors (Lipinski definition) is 2. The fourth-order valence-corrected chi connectivity index (χ4v) is 2.35. The Labute approximate surface area is 119 Å². The smallest absolute Gasteiger partial charge is 0.371 e. The van der Waals surface area contributed by atoms with Gasteiger partial charge in [0.1, 0.15) is 5.76 Å². The number of furan rings is 1. The quantitative estimate of drug-likeness (QED) is 0.884. The van der Waals surface area contributed by atoms with Crippen molar-refractivity contribution < 1.29 is 14.3 Å². The van der Waals surface area contributed by atoms with Crippen molar-refractivity contribution in [1.29, 1.82) is 0 Å². The standard InChI is InChI=1S/C14H14BrNO3/c1-8-3-4-11(10(15)7-8)16-9(2)12-5-6-13(19-12)14(17)18/h3-7,9,16H,1-2H3,(H,17,18). The summed E-state index contributed by atoms with van der Waals surface area (Å²) in [5.74, 6) is -0.522. The van der Waals surface area contributed by atoms with Gasteiger partial charge < -0.3 is 14.8 Å². The van der Waals surface area contributed by atoms with Crippen LogP contribution in [0.4, 0.5) is 5.69 Å². The van der Waals surface area contributed by atoms with E-state index in [1.807, 2.05) is 32.0 Å². The van der Waals surface area contributed by atoms with Crippen molar-refractivity contribution >= 4 is 27.6 Å². The summed E-state index contributed by atoms with van der Waals surface area (Å²) in [7, 11) is 0. The maximum atomic E-state index is 10.8. The van der Waals surface area contributed by atoms with Gasteiger partial charge in [0.2, 0.25) is 5.76 Å². The van der Waals surface area contributed by atoms with Crippen molar-refractivity contribution in [1.82, 2.24) is 0 Å². The highest BCUT2D eigenvalue weighted by molar-refractivity contribution is 9.10. The number of hydrogen-bond acceptors (Lipinski definition) is 3. The number of carboxylic acids is 1. The van der Waals surface area contributed by atoms with Crippen LogP contribution in [0.3, 0.4) is 0 Å². The van der Waals surface area contributed by atoms with E-state index in [0.29, 0.717) is 5.76 Å². The molecule has 0 saturated carbocycles. The predicted octanol–water partition coefficient (Wildman–Crippen LogP) is 4.22. The van der Waals surface area contributed by atoms with Gasteiger partial charge in [0.05, 0.1) is 6.04 Å². The van der Waals surface area contributed by atoms with Gasteiger partial charge >= 0.3 is 5.97 Å². The molecule has 2 rings (SSSR count). The van der Waals surface area contributed by atoms with Gasteiger partial charge in [-0.05, 0) is 59.6 Å². The number of carbonyl (C=O) groups is 1. The van der Waals surface area contributed by atoms with E-state index in [1.165, 1.54) is 6.07 Å². The summed E-state index contributed by atoms with van der Waals surface area (Å²) in [5.41, 5.74) is 2.10. The fraction of sp³-hybridized carbons (Fsp3) is 0.214. The fourth-order valence-electron chi connectivity index (χ4n) is 1.74. The number of anilines is 1. The first kappa shape index (κ1) is 13.7. The van der Waals surface area contributed by atoms with Crippen molar-refractivity contribution in [3.8, 4) is 0 Å². The molecule has 0 radical (unpaired) electrons. The lowest BCUT2D eigenvalue weighted by Crippen LogP contribution is -2.06. The van der Waals surface area contributed by atoms with Crippen molar-refractivity contribution in [2.75, 3.05) is 5.32 Å². The van der Waals surface area contributed by atoms with Crippen molar-refractivity contribution in [2.45, 2.75) is 19.9 Å². The summed E-state index contributed by atoms with van der Waals surface area (Å²) in [4.78, 5) is 10.8. The molecular weight excluding hydrogens is 310 g/mol. The SMILES string of the molecule is Cc1ccc(NC(C)c2ccc(C(=O)O)o2)c(Br)c1. The first-order valence-corrected chi connectivity index (χ1v) is 6.62. The molecule has 2 aromatic rings. The normalized spacial score (nSPS) is 12.2. The lowest BCUT2D eigenvalue weighted by Gasteiger charge is -2.14. The zero-order valence-electron chi connectivity index (χ0n) is 10.6. The summed E-state index contributed by atoms with van der Waals surface area (Å²) in [6, 6.07) is 9.00. The van der Waals surface area contributed by atoms with Crippen LogP contribution in [0.5, 0.6) is 0 Å². The maximum Gasteiger partial charge on any atom is 0.371 e. The van der Waals surface area contributed by atoms with E-state index in [9.17, 15) is 4.79 Å². The molecule has 1 aromatic heterocycles. The van der Waals surface area contributed by atoms with Crippen molar-refractivity contribution in [3.05, 3.63) is 51.9 Å². The van der Waals surface area contributed by atoms with E-state index in [1.54, 1.807) is 6.07 Å². The molecule has 0 aliphatic carbocycles. The Morgan fingerprint density at radius 2 is 2.11 bits per heavy atom. The molecule has 0 fully saturated rings. The van der Waals surface area contributed by atoms with Crippen LogP contribution in [-0.4, -0.2) is 11.1 Å². The molecule has 2 N–H and O–H groups in total. The first-order valence-electron chi connectivity index (χ1n) is 5.83. The largest absolute Gasteiger partial charge is 0.475 e. The van der Waals surface area contributed by atoms with Gasteiger partial charge in [-0.1, -0.05) is 6.07 Å². The Kier molecular flexibility index (Phi) is 3.95. The highest BCUT2D eigenvalue weighted by Gasteiger charge is 2.14. The molecule has 1 atom stereocenters. The summed E-state index contributed by atoms with van der Waals surface area (Å²) >= 11 is 3.49. The van der Waals surface area contributed by atoms with Gasteiger partial charge in [0.15, 0.2) is 0 Å². The minimum absolute atomic E-state index is 0.0494. The van der Waals surface area contributed by atoms with E-state index < -0.39 is 5.97 Å². The molecule has 100 valence electrons. The minimum atomic E-state index is -1.06. The molecular formula is C14H14BrNO3. The number of rotatable bonds is 4. The van der Waals surface area contributed by atoms with Crippen LogP contribution in [0.2, 0.25) is 0 Å². The Hall–Kier alpha value is -1.75. The molecule has 0 spiro atoms. The molecule has 0 bridgehead atoms. The summed E-state index contributed by atoms with van der Waals surface area (Å²) in [6.07, 6.45) is 0. The number of aromatic carboxylic acids is 1. The molecule has 1 heterocycles. The third kappa shape index (κ3) is 3.17. The number of carboxylic acid groups (broad SMARTS) is 1. The maximum absolute atomic E-state index is 10.8. The highest BCUT2D eigenvalue weighted by atomic mass is 79.9. The third-order valence-corrected chi connectivity index (χ3v) is 3.42. The lowest BCUT2D eigenvalue weighted by molar-refractivity contribution is 0.0660. The summed E-state index contributed by atoms with van der Waals surface area (Å²) in [6.45, 7) is 3.93. The van der Waals surface area contributed by atoms with Gasteiger partial charge in [-0.25, -0.2) is 4.79 Å². The number of aryl methyl sites for hydroxylation is 1. The molecule has 0 aliphatic heterocycles. The van der Waals surface area contributed by atoms with E-state index in [2.05, 4.69) is 21.2 Å². The van der Waals surface area contributed by atoms with Gasteiger partial charge in [0.25, 0.3) is 0 Å². The molecule has 0 aliphatic rings. The van der Waals surface area contributed by atoms with Gasteiger partial charge in [-0.3, -0.25) is 0 Å². The van der Waals surface area contributed by atoms with Gasteiger partial charge in [-0.15, -0.1) is 0 Å². The van der Waals surface area contributed by atoms with Crippen LogP contribution in [0.15, 0.2) is 39.2 Å². The highest BCUT2D eigenvalue weighted by Crippen LogP contribution is 2.28. The van der Waals surface area contributed by atoms with Crippen LogP contribution in [0, 0.1) is 6.92 Å². The Balaban J connectivity index is 2.15. The third-order valence-electron chi connectivity index (χ3n) is 2.76. The molecule has 0 saturated heterocycles. The van der Waals surface area contributed by atoms with E-state index in [0.717, 1.165) is 15.7 Å². The summed E-state index contributed by atoms with van der Waals surface area (Å²) < 4.78 is 6.23. The molecule has 19 heavy (non-hydrogen) atoms. The van der Waals surface area contributed by atoms with Crippen LogP contribution in [0.1, 0.15) is 34.8 Å². The van der Waals surface area contributed by atoms with Gasteiger partial charge in [-0.2, -0.15) is 0 Å². The topological polar surface area (TPSA) is 62.5 Å². The average Bonchev–Trinajstić information content (AvgIpc) is 2.82. The van der Waals surface area contributed by atoms with E-state index in [4.69, 9.17) is 9.52 Å². The molecule has 0 amide bonds. The van der Waals surface area contributed by atoms with Crippen molar-refractivity contribution in [3.63, 3.8) is 0 Å². The van der Waals surface area contributed by atoms with Crippen LogP contribution < -0.4 is 5.32 Å². The predicted molar refractivity (Wildman–Crippen MR) is 76.6 cm³/mol. The van der Waals surface area contributed by atoms with Gasteiger partial charge in [0, 0.05) is 10.2 Å². The summed E-state index contributed by atoms with van der Waals surface area (Å²) in [5, 5.41) is 12.1.